The Kier molecular flexibility index (Phi) is 2.42. The van der Waals surface area contributed by atoms with Gasteiger partial charge in [0.25, 0.3) is 0 Å². The molecule has 3 heteroatoms. The highest BCUT2D eigenvalue weighted by Crippen LogP contribution is 2.31. The van der Waals surface area contributed by atoms with Crippen molar-refractivity contribution in [2.75, 3.05) is 13.1 Å². The third kappa shape index (κ3) is 1.52. The Morgan fingerprint density at radius 1 is 1.31 bits per heavy atom. The van der Waals surface area contributed by atoms with Crippen LogP contribution in [0.2, 0.25) is 0 Å². The van der Waals surface area contributed by atoms with Gasteiger partial charge in [-0.15, -0.1) is 0 Å². The Morgan fingerprint density at radius 2 is 2.25 bits per heavy atom. The van der Waals surface area contributed by atoms with Crippen molar-refractivity contribution in [3.8, 4) is 0 Å². The molecule has 0 bridgehead atoms. The molecule has 0 radical (unpaired) electrons. The Labute approximate surface area is 94.6 Å². The molecule has 3 nitrogen and oxygen atoms in total. The maximum atomic E-state index is 6.18. The first-order valence-electron chi connectivity index (χ1n) is 5.78. The lowest BCUT2D eigenvalue weighted by molar-refractivity contribution is 0.404. The number of fused-ring (bicyclic) bond motifs is 1. The minimum Gasteiger partial charge on any atom is -0.464 e. The molecule has 16 heavy (non-hydrogen) atoms. The van der Waals surface area contributed by atoms with Gasteiger partial charge in [0, 0.05) is 23.9 Å². The van der Waals surface area contributed by atoms with Gasteiger partial charge in [-0.25, -0.2) is 0 Å². The van der Waals surface area contributed by atoms with E-state index in [2.05, 4.69) is 17.4 Å². The third-order valence-electron chi connectivity index (χ3n) is 3.46. The fraction of sp³-hybridized carbons (Fsp3) is 0.385. The van der Waals surface area contributed by atoms with Crippen LogP contribution in [0.25, 0.3) is 11.0 Å². The molecule has 2 atom stereocenters. The summed E-state index contributed by atoms with van der Waals surface area (Å²) in [6, 6.07) is 8.48. The molecule has 3 N–H and O–H groups in total. The molecule has 1 aliphatic heterocycles. The Bertz CT molecular complexity index is 491. The minimum absolute atomic E-state index is 0.203. The van der Waals surface area contributed by atoms with Crippen molar-refractivity contribution < 1.29 is 4.42 Å². The molecule has 1 aromatic carbocycles. The SMILES string of the molecule is NC1CNCCC1c1cccc2occc12. The summed E-state index contributed by atoms with van der Waals surface area (Å²) >= 11 is 0. The van der Waals surface area contributed by atoms with Crippen molar-refractivity contribution in [3.63, 3.8) is 0 Å². The summed E-state index contributed by atoms with van der Waals surface area (Å²) in [5.74, 6) is 0.447. The lowest BCUT2D eigenvalue weighted by atomic mass is 9.85. The number of rotatable bonds is 1. The molecule has 2 unspecified atom stereocenters. The molecular weight excluding hydrogens is 200 g/mol. The maximum absolute atomic E-state index is 6.18. The van der Waals surface area contributed by atoms with Gasteiger partial charge in [-0.2, -0.15) is 0 Å². The number of hydrogen-bond donors (Lipinski definition) is 2. The molecular formula is C13H16N2O. The van der Waals surface area contributed by atoms with Crippen molar-refractivity contribution in [1.82, 2.24) is 5.32 Å². The molecule has 1 aliphatic rings. The van der Waals surface area contributed by atoms with E-state index in [-0.39, 0.29) is 6.04 Å². The average molecular weight is 216 g/mol. The van der Waals surface area contributed by atoms with E-state index < -0.39 is 0 Å². The molecule has 1 fully saturated rings. The zero-order valence-corrected chi connectivity index (χ0v) is 9.15. The molecule has 0 aliphatic carbocycles. The topological polar surface area (TPSA) is 51.2 Å². The minimum atomic E-state index is 0.203. The van der Waals surface area contributed by atoms with Gasteiger partial charge in [-0.05, 0) is 30.7 Å². The number of benzene rings is 1. The van der Waals surface area contributed by atoms with E-state index in [1.165, 1.54) is 10.9 Å². The summed E-state index contributed by atoms with van der Waals surface area (Å²) in [5.41, 5.74) is 8.47. The molecule has 0 spiro atoms. The summed E-state index contributed by atoms with van der Waals surface area (Å²) in [6.07, 6.45) is 2.85. The summed E-state index contributed by atoms with van der Waals surface area (Å²) in [6.45, 7) is 1.95. The number of furan rings is 1. The van der Waals surface area contributed by atoms with E-state index in [1.54, 1.807) is 6.26 Å². The molecule has 1 saturated heterocycles. The molecule has 1 aromatic heterocycles. The van der Waals surface area contributed by atoms with Gasteiger partial charge in [0.05, 0.1) is 6.26 Å². The zero-order chi connectivity index (χ0) is 11.0. The second-order valence-corrected chi connectivity index (χ2v) is 4.44. The largest absolute Gasteiger partial charge is 0.464 e. The summed E-state index contributed by atoms with van der Waals surface area (Å²) < 4.78 is 5.43. The van der Waals surface area contributed by atoms with Gasteiger partial charge >= 0.3 is 0 Å². The van der Waals surface area contributed by atoms with Crippen LogP contribution >= 0.6 is 0 Å². The van der Waals surface area contributed by atoms with Gasteiger partial charge in [-0.1, -0.05) is 12.1 Å². The highest BCUT2D eigenvalue weighted by Gasteiger charge is 2.24. The van der Waals surface area contributed by atoms with Gasteiger partial charge in [0.1, 0.15) is 5.58 Å². The Hall–Kier alpha value is -1.32. The van der Waals surface area contributed by atoms with E-state index in [4.69, 9.17) is 10.2 Å². The second kappa shape index (κ2) is 3.92. The van der Waals surface area contributed by atoms with Gasteiger partial charge < -0.3 is 15.5 Å². The van der Waals surface area contributed by atoms with Crippen LogP contribution in [-0.2, 0) is 0 Å². The van der Waals surface area contributed by atoms with Crippen LogP contribution in [-0.4, -0.2) is 19.1 Å². The van der Waals surface area contributed by atoms with Crippen molar-refractivity contribution in [3.05, 3.63) is 36.1 Å². The smallest absolute Gasteiger partial charge is 0.134 e. The molecule has 2 heterocycles. The average Bonchev–Trinajstić information content (AvgIpc) is 2.77. The molecule has 0 saturated carbocycles. The summed E-state index contributed by atoms with van der Waals surface area (Å²) in [7, 11) is 0. The van der Waals surface area contributed by atoms with Crippen LogP contribution in [0, 0.1) is 0 Å². The van der Waals surface area contributed by atoms with Gasteiger partial charge in [0.15, 0.2) is 0 Å². The van der Waals surface area contributed by atoms with E-state index >= 15 is 0 Å². The van der Waals surface area contributed by atoms with Crippen molar-refractivity contribution in [1.29, 1.82) is 0 Å². The predicted molar refractivity (Wildman–Crippen MR) is 64.4 cm³/mol. The van der Waals surface area contributed by atoms with Crippen molar-refractivity contribution in [2.45, 2.75) is 18.4 Å². The first kappa shape index (κ1) is 9.87. The lowest BCUT2D eigenvalue weighted by Crippen LogP contribution is -2.44. The zero-order valence-electron chi connectivity index (χ0n) is 9.15. The first-order valence-corrected chi connectivity index (χ1v) is 5.78. The van der Waals surface area contributed by atoms with Crippen LogP contribution in [0.5, 0.6) is 0 Å². The summed E-state index contributed by atoms with van der Waals surface area (Å²) in [4.78, 5) is 0. The van der Waals surface area contributed by atoms with E-state index in [0.29, 0.717) is 5.92 Å². The highest BCUT2D eigenvalue weighted by atomic mass is 16.3. The van der Waals surface area contributed by atoms with E-state index in [0.717, 1.165) is 25.1 Å². The number of nitrogens with two attached hydrogens (primary N) is 1. The predicted octanol–water partition coefficient (Wildman–Crippen LogP) is 1.84. The highest BCUT2D eigenvalue weighted by molar-refractivity contribution is 5.81. The molecule has 2 aromatic rings. The van der Waals surface area contributed by atoms with Gasteiger partial charge in [-0.3, -0.25) is 0 Å². The quantitative estimate of drug-likeness (QED) is 0.764. The lowest BCUT2D eigenvalue weighted by Gasteiger charge is -2.30. The Balaban J connectivity index is 2.07. The number of nitrogens with one attached hydrogen (secondary N) is 1. The number of hydrogen-bond acceptors (Lipinski definition) is 3. The first-order chi connectivity index (χ1) is 7.86. The van der Waals surface area contributed by atoms with Crippen LogP contribution in [0.3, 0.4) is 0 Å². The van der Waals surface area contributed by atoms with Crippen molar-refractivity contribution in [2.24, 2.45) is 5.73 Å². The van der Waals surface area contributed by atoms with E-state index in [9.17, 15) is 0 Å². The normalized spacial score (nSPS) is 26.1. The van der Waals surface area contributed by atoms with Crippen LogP contribution in [0.1, 0.15) is 17.9 Å². The maximum Gasteiger partial charge on any atom is 0.134 e. The van der Waals surface area contributed by atoms with Gasteiger partial charge in [0.2, 0.25) is 0 Å². The fourth-order valence-electron chi connectivity index (χ4n) is 2.61. The monoisotopic (exact) mass is 216 g/mol. The molecule has 0 amide bonds. The van der Waals surface area contributed by atoms with Crippen molar-refractivity contribution >= 4 is 11.0 Å². The molecule has 3 rings (SSSR count). The molecule has 84 valence electrons. The van der Waals surface area contributed by atoms with Crippen LogP contribution in [0.4, 0.5) is 0 Å². The fourth-order valence-corrected chi connectivity index (χ4v) is 2.61. The van der Waals surface area contributed by atoms with Crippen LogP contribution in [0.15, 0.2) is 34.9 Å². The number of piperidine rings is 1. The standard InChI is InChI=1S/C13H16N2O/c14-12-8-15-6-4-10(12)9-2-1-3-13-11(9)5-7-16-13/h1-3,5,7,10,12,15H,4,6,8,14H2. The second-order valence-electron chi connectivity index (χ2n) is 4.44. The van der Waals surface area contributed by atoms with Crippen LogP contribution < -0.4 is 11.1 Å². The third-order valence-corrected chi connectivity index (χ3v) is 3.46. The summed E-state index contributed by atoms with van der Waals surface area (Å²) in [5, 5.41) is 4.54. The van der Waals surface area contributed by atoms with E-state index in [1.807, 2.05) is 12.1 Å². The Morgan fingerprint density at radius 3 is 3.12 bits per heavy atom.